The number of aliphatic hydroxyl groups is 1. The third-order valence-electron chi connectivity index (χ3n) is 2.60. The molecule has 1 aromatic carbocycles. The van der Waals surface area contributed by atoms with E-state index < -0.39 is 0 Å². The van der Waals surface area contributed by atoms with Gasteiger partial charge in [-0.1, -0.05) is 6.07 Å². The molecule has 2 aliphatic rings. The van der Waals surface area contributed by atoms with E-state index in [-0.39, 0.29) is 12.0 Å². The van der Waals surface area contributed by atoms with Gasteiger partial charge in [0.1, 0.15) is 11.2 Å². The van der Waals surface area contributed by atoms with Gasteiger partial charge in [-0.3, -0.25) is 4.79 Å². The fourth-order valence-corrected chi connectivity index (χ4v) is 1.75. The smallest absolute Gasteiger partial charge is 0.182 e. The summed E-state index contributed by atoms with van der Waals surface area (Å²) < 4.78 is 5.60. The van der Waals surface area contributed by atoms with E-state index in [1.165, 1.54) is 12.1 Å². The monoisotopic (exact) mass is 227 g/mol. The van der Waals surface area contributed by atoms with Crippen LogP contribution in [0.3, 0.4) is 0 Å². The van der Waals surface area contributed by atoms with Crippen LogP contribution in [0.5, 0.6) is 0 Å². The quantitative estimate of drug-likeness (QED) is 0.644. The highest BCUT2D eigenvalue weighted by molar-refractivity contribution is 5.76. The fraction of sp³-hybridized carbons (Fsp3) is 0.0769. The number of hydrogen-bond donors (Lipinski definition) is 1. The van der Waals surface area contributed by atoms with Crippen molar-refractivity contribution in [2.75, 3.05) is 0 Å². The molecule has 0 saturated heterocycles. The first-order valence-electron chi connectivity index (χ1n) is 5.21. The van der Waals surface area contributed by atoms with Crippen LogP contribution in [0.15, 0.2) is 45.6 Å². The minimum atomic E-state index is -0.110. The minimum Gasteiger partial charge on any atom is -0.453 e. The van der Waals surface area contributed by atoms with Crippen LogP contribution >= 0.6 is 0 Å². The van der Waals surface area contributed by atoms with E-state index in [1.54, 1.807) is 24.3 Å². The molecule has 4 nitrogen and oxygen atoms in total. The lowest BCUT2D eigenvalue weighted by Crippen LogP contribution is -1.99. The summed E-state index contributed by atoms with van der Waals surface area (Å²) in [4.78, 5) is 15.6. The maximum Gasteiger partial charge on any atom is 0.182 e. The van der Waals surface area contributed by atoms with Gasteiger partial charge in [0.2, 0.25) is 0 Å². The summed E-state index contributed by atoms with van der Waals surface area (Å²) in [6.45, 7) is -0.0505. The molecule has 0 unspecified atom stereocenters. The Kier molecular flexibility index (Phi) is 2.16. The molecular weight excluding hydrogens is 218 g/mol. The van der Waals surface area contributed by atoms with E-state index in [0.717, 1.165) is 5.56 Å². The second-order valence-electron chi connectivity index (χ2n) is 3.80. The number of benzene rings is 2. The van der Waals surface area contributed by atoms with E-state index in [4.69, 9.17) is 9.52 Å². The number of aromatic nitrogens is 1. The van der Waals surface area contributed by atoms with Crippen molar-refractivity contribution in [3.63, 3.8) is 0 Å². The lowest BCUT2D eigenvalue weighted by atomic mass is 10.2. The molecule has 1 aromatic rings. The van der Waals surface area contributed by atoms with E-state index >= 15 is 0 Å². The van der Waals surface area contributed by atoms with Gasteiger partial charge in [-0.05, 0) is 29.8 Å². The molecule has 0 amide bonds. The first-order chi connectivity index (χ1) is 8.26. The van der Waals surface area contributed by atoms with Gasteiger partial charge >= 0.3 is 0 Å². The van der Waals surface area contributed by atoms with Gasteiger partial charge in [0.05, 0.1) is 6.61 Å². The van der Waals surface area contributed by atoms with Crippen molar-refractivity contribution in [2.45, 2.75) is 6.61 Å². The molecule has 1 aliphatic heterocycles. The predicted molar refractivity (Wildman–Crippen MR) is 62.8 cm³/mol. The third-order valence-corrected chi connectivity index (χ3v) is 2.60. The van der Waals surface area contributed by atoms with Crippen LogP contribution in [0.4, 0.5) is 0 Å². The molecule has 0 fully saturated rings. The molecule has 4 heteroatoms. The molecule has 1 heterocycles. The topological polar surface area (TPSA) is 63.3 Å². The van der Waals surface area contributed by atoms with Crippen molar-refractivity contribution in [3.05, 3.63) is 52.2 Å². The van der Waals surface area contributed by atoms with Crippen LogP contribution in [0, 0.1) is 0 Å². The number of hydrogen-bond acceptors (Lipinski definition) is 4. The standard InChI is InChI=1S/C13H9NO3/c15-7-8-1-3-10-12(5-8)17-13-6-9(16)2-4-11(13)14-10/h1-6,15H,7H2. The van der Waals surface area contributed by atoms with E-state index in [2.05, 4.69) is 4.98 Å². The Morgan fingerprint density at radius 1 is 1.18 bits per heavy atom. The van der Waals surface area contributed by atoms with Gasteiger partial charge < -0.3 is 9.52 Å². The van der Waals surface area contributed by atoms with Crippen LogP contribution in [-0.4, -0.2) is 10.1 Å². The van der Waals surface area contributed by atoms with E-state index in [0.29, 0.717) is 22.6 Å². The highest BCUT2D eigenvalue weighted by atomic mass is 16.3. The number of fused-ring (bicyclic) bond motifs is 2. The lowest BCUT2D eigenvalue weighted by Gasteiger charge is -2.06. The SMILES string of the molecule is O=c1ccc2nc3ccc(CO)cc3oc-2c1. The van der Waals surface area contributed by atoms with Gasteiger partial charge in [-0.15, -0.1) is 0 Å². The maximum atomic E-state index is 11.2. The average Bonchev–Trinajstić information content (AvgIpc) is 2.35. The number of aliphatic hydroxyl groups excluding tert-OH is 1. The normalized spacial score (nSPS) is 11.1. The summed E-state index contributed by atoms with van der Waals surface area (Å²) in [5.74, 6) is 0.458. The molecule has 0 bridgehead atoms. The average molecular weight is 227 g/mol. The molecule has 0 spiro atoms. The van der Waals surface area contributed by atoms with Gasteiger partial charge in [0.25, 0.3) is 0 Å². The minimum absolute atomic E-state index is 0.0505. The Morgan fingerprint density at radius 2 is 2.06 bits per heavy atom. The first kappa shape index (κ1) is 9.99. The van der Waals surface area contributed by atoms with E-state index in [1.807, 2.05) is 0 Å². The van der Waals surface area contributed by atoms with Crippen LogP contribution in [0.1, 0.15) is 5.56 Å². The van der Waals surface area contributed by atoms with Crippen molar-refractivity contribution in [1.29, 1.82) is 0 Å². The second-order valence-corrected chi connectivity index (χ2v) is 3.80. The number of nitrogens with zero attached hydrogens (tertiary/aromatic N) is 1. The molecule has 0 saturated carbocycles. The molecule has 1 N–H and O–H groups in total. The summed E-state index contributed by atoms with van der Waals surface area (Å²) in [6.07, 6.45) is 0. The molecule has 84 valence electrons. The van der Waals surface area contributed by atoms with Gasteiger partial charge in [-0.2, -0.15) is 0 Å². The molecule has 0 aromatic heterocycles. The summed E-state index contributed by atoms with van der Waals surface area (Å²) in [7, 11) is 0. The summed E-state index contributed by atoms with van der Waals surface area (Å²) in [5.41, 5.74) is 2.55. The van der Waals surface area contributed by atoms with Gasteiger partial charge in [0, 0.05) is 6.07 Å². The van der Waals surface area contributed by atoms with Crippen molar-refractivity contribution >= 4 is 11.1 Å². The van der Waals surface area contributed by atoms with E-state index in [9.17, 15) is 4.79 Å². The Hall–Kier alpha value is -2.20. The van der Waals surface area contributed by atoms with Gasteiger partial charge in [0.15, 0.2) is 16.8 Å². The van der Waals surface area contributed by atoms with Crippen LogP contribution in [0.25, 0.3) is 22.6 Å². The van der Waals surface area contributed by atoms with Crippen LogP contribution in [-0.2, 0) is 6.61 Å². The highest BCUT2D eigenvalue weighted by Gasteiger charge is 2.09. The largest absolute Gasteiger partial charge is 0.453 e. The summed E-state index contributed by atoms with van der Waals surface area (Å²) in [5, 5.41) is 9.04. The van der Waals surface area contributed by atoms with Crippen molar-refractivity contribution in [1.82, 2.24) is 4.98 Å². The summed E-state index contributed by atoms with van der Waals surface area (Å²) in [6, 6.07) is 9.81. The third kappa shape index (κ3) is 1.68. The molecule has 1 aliphatic carbocycles. The number of rotatable bonds is 1. The Morgan fingerprint density at radius 3 is 2.88 bits per heavy atom. The molecule has 0 atom stereocenters. The lowest BCUT2D eigenvalue weighted by molar-refractivity contribution is 0.282. The fourth-order valence-electron chi connectivity index (χ4n) is 1.75. The highest BCUT2D eigenvalue weighted by Crippen LogP contribution is 2.23. The molecule has 3 rings (SSSR count). The Labute approximate surface area is 96.5 Å². The Bertz CT molecular complexity index is 717. The molecule has 0 radical (unpaired) electrons. The molecule has 17 heavy (non-hydrogen) atoms. The Balaban J connectivity index is 2.37. The maximum absolute atomic E-state index is 11.2. The zero-order valence-corrected chi connectivity index (χ0v) is 8.88. The molecular formula is C13H9NO3. The first-order valence-corrected chi connectivity index (χ1v) is 5.21. The second kappa shape index (κ2) is 3.68. The van der Waals surface area contributed by atoms with Crippen molar-refractivity contribution in [3.8, 4) is 11.5 Å². The zero-order chi connectivity index (χ0) is 11.8. The van der Waals surface area contributed by atoms with Crippen LogP contribution < -0.4 is 5.43 Å². The van der Waals surface area contributed by atoms with Crippen LogP contribution in [0.2, 0.25) is 0 Å². The summed E-state index contributed by atoms with van der Waals surface area (Å²) >= 11 is 0. The predicted octanol–water partition coefficient (Wildman–Crippen LogP) is 1.79. The van der Waals surface area contributed by atoms with Gasteiger partial charge in [-0.25, -0.2) is 4.98 Å². The van der Waals surface area contributed by atoms with Crippen molar-refractivity contribution in [2.24, 2.45) is 0 Å². The zero-order valence-electron chi connectivity index (χ0n) is 8.88. The van der Waals surface area contributed by atoms with Crippen molar-refractivity contribution < 1.29 is 9.52 Å².